The third-order valence-corrected chi connectivity index (χ3v) is 6.83. The topological polar surface area (TPSA) is 116 Å². The van der Waals surface area contributed by atoms with Gasteiger partial charge in [0.05, 0.1) is 44.4 Å². The summed E-state index contributed by atoms with van der Waals surface area (Å²) in [5.74, 6) is 0.911. The lowest BCUT2D eigenvalue weighted by atomic mass is 10.2. The summed E-state index contributed by atoms with van der Waals surface area (Å²) in [6, 6.07) is 7.32. The second-order valence-electron chi connectivity index (χ2n) is 7.55. The maximum atomic E-state index is 13.2. The van der Waals surface area contributed by atoms with Crippen molar-refractivity contribution in [3.05, 3.63) is 49.1 Å². The van der Waals surface area contributed by atoms with Crippen LogP contribution < -0.4 is 14.4 Å². The molecule has 1 saturated heterocycles. The Balaban J connectivity index is 1.46. The van der Waals surface area contributed by atoms with E-state index in [2.05, 4.69) is 24.8 Å². The molecule has 0 atom stereocenters. The molecule has 11 nitrogen and oxygen atoms in total. The highest BCUT2D eigenvalue weighted by Crippen LogP contribution is 2.34. The molecule has 0 amide bonds. The van der Waals surface area contributed by atoms with Crippen molar-refractivity contribution in [2.75, 3.05) is 43.0 Å². The largest absolute Gasteiger partial charge is 0.494 e. The summed E-state index contributed by atoms with van der Waals surface area (Å²) in [5, 5.41) is 9.24. The van der Waals surface area contributed by atoms with Gasteiger partial charge in [-0.1, -0.05) is 0 Å². The lowest BCUT2D eigenvalue weighted by Gasteiger charge is -2.28. The number of rotatable bonds is 6. The van der Waals surface area contributed by atoms with Crippen molar-refractivity contribution in [1.82, 2.24) is 24.5 Å². The number of nitrogens with one attached hydrogen (secondary N) is 1. The maximum Gasteiger partial charge on any atom is 0.265 e. The van der Waals surface area contributed by atoms with Crippen molar-refractivity contribution in [1.29, 1.82) is 0 Å². The summed E-state index contributed by atoms with van der Waals surface area (Å²) < 4.78 is 42.9. The Morgan fingerprint density at radius 3 is 2.73 bits per heavy atom. The van der Waals surface area contributed by atoms with Crippen molar-refractivity contribution in [3.63, 3.8) is 0 Å². The molecule has 0 saturated carbocycles. The van der Waals surface area contributed by atoms with Gasteiger partial charge in [0.25, 0.3) is 10.0 Å². The molecule has 0 bridgehead atoms. The number of nitrogens with zero attached hydrogens (tertiary/aromatic N) is 6. The summed E-state index contributed by atoms with van der Waals surface area (Å²) in [6.07, 6.45) is 6.07. The van der Waals surface area contributed by atoms with Crippen LogP contribution in [0.15, 0.2) is 53.9 Å². The van der Waals surface area contributed by atoms with E-state index in [9.17, 15) is 8.42 Å². The smallest absolute Gasteiger partial charge is 0.265 e. The zero-order chi connectivity index (χ0) is 23.0. The van der Waals surface area contributed by atoms with E-state index in [4.69, 9.17) is 9.47 Å². The lowest BCUT2D eigenvalue weighted by Crippen LogP contribution is -2.36. The average Bonchev–Trinajstić information content (AvgIpc) is 3.48. The fourth-order valence-electron chi connectivity index (χ4n) is 3.83. The van der Waals surface area contributed by atoms with E-state index in [1.54, 1.807) is 30.2 Å². The molecule has 33 heavy (non-hydrogen) atoms. The fraction of sp³-hybridized carbons (Fsp3) is 0.286. The zero-order valence-corrected chi connectivity index (χ0v) is 19.0. The molecule has 1 aliphatic heterocycles. The Morgan fingerprint density at radius 2 is 1.94 bits per heavy atom. The highest BCUT2D eigenvalue weighted by atomic mass is 32.2. The number of hydrogen-bond donors (Lipinski definition) is 1. The molecule has 12 heteroatoms. The molecule has 4 aromatic rings. The van der Waals surface area contributed by atoms with Crippen LogP contribution in [0.4, 0.5) is 11.4 Å². The monoisotopic (exact) mass is 469 g/mol. The SMILES string of the molecule is COc1ccc2cnn(C)c2c1NS(=O)(=O)c1cnn(-c2cc(N3CCOCC3)ccn2)c1. The van der Waals surface area contributed by atoms with E-state index in [0.717, 1.165) is 24.2 Å². The van der Waals surface area contributed by atoms with Gasteiger partial charge >= 0.3 is 0 Å². The molecule has 0 aliphatic carbocycles. The van der Waals surface area contributed by atoms with Gasteiger partial charge in [-0.3, -0.25) is 9.40 Å². The quantitative estimate of drug-likeness (QED) is 0.454. The van der Waals surface area contributed by atoms with Gasteiger partial charge < -0.3 is 14.4 Å². The number of hydrogen-bond acceptors (Lipinski definition) is 8. The van der Waals surface area contributed by atoms with E-state index in [1.807, 2.05) is 18.2 Å². The predicted molar refractivity (Wildman–Crippen MR) is 122 cm³/mol. The summed E-state index contributed by atoms with van der Waals surface area (Å²) >= 11 is 0. The molecular formula is C21H23N7O4S. The molecule has 172 valence electrons. The van der Waals surface area contributed by atoms with E-state index < -0.39 is 10.0 Å². The van der Waals surface area contributed by atoms with Crippen LogP contribution in [0.2, 0.25) is 0 Å². The van der Waals surface area contributed by atoms with Crippen molar-refractivity contribution >= 4 is 32.3 Å². The second kappa shape index (κ2) is 8.37. The first-order valence-corrected chi connectivity index (χ1v) is 11.8. The highest BCUT2D eigenvalue weighted by Gasteiger charge is 2.22. The van der Waals surface area contributed by atoms with Crippen LogP contribution >= 0.6 is 0 Å². The molecule has 4 heterocycles. The molecule has 1 N–H and O–H groups in total. The Labute approximate surface area is 190 Å². The molecule has 1 aromatic carbocycles. The first kappa shape index (κ1) is 21.2. The minimum absolute atomic E-state index is 0.00213. The van der Waals surface area contributed by atoms with Crippen molar-refractivity contribution < 1.29 is 17.9 Å². The number of fused-ring (bicyclic) bond motifs is 1. The number of morpholine rings is 1. The zero-order valence-electron chi connectivity index (χ0n) is 18.2. The van der Waals surface area contributed by atoms with Gasteiger partial charge in [0.2, 0.25) is 0 Å². The van der Waals surface area contributed by atoms with Crippen LogP contribution in [0.1, 0.15) is 0 Å². The Hall–Kier alpha value is -3.64. The lowest BCUT2D eigenvalue weighted by molar-refractivity contribution is 0.122. The van der Waals surface area contributed by atoms with Gasteiger partial charge in [0.15, 0.2) is 5.82 Å². The van der Waals surface area contributed by atoms with E-state index in [1.165, 1.54) is 24.2 Å². The van der Waals surface area contributed by atoms with Crippen LogP contribution in [-0.4, -0.2) is 66.4 Å². The number of benzene rings is 1. The van der Waals surface area contributed by atoms with Crippen LogP contribution in [0, 0.1) is 0 Å². The number of aromatic nitrogens is 5. The van der Waals surface area contributed by atoms with Gasteiger partial charge in [-0.25, -0.2) is 18.1 Å². The molecule has 5 rings (SSSR count). The fourth-order valence-corrected chi connectivity index (χ4v) is 4.84. The van der Waals surface area contributed by atoms with Gasteiger partial charge in [-0.15, -0.1) is 0 Å². The second-order valence-corrected chi connectivity index (χ2v) is 9.23. The van der Waals surface area contributed by atoms with Crippen molar-refractivity contribution in [3.8, 4) is 11.6 Å². The molecule has 0 unspecified atom stereocenters. The molecule has 1 aliphatic rings. The number of pyridine rings is 1. The number of ether oxygens (including phenoxy) is 2. The average molecular weight is 470 g/mol. The van der Waals surface area contributed by atoms with Crippen LogP contribution in [0.5, 0.6) is 5.75 Å². The third kappa shape index (κ3) is 3.98. The Morgan fingerprint density at radius 1 is 1.12 bits per heavy atom. The van der Waals surface area contributed by atoms with Gasteiger partial charge in [0.1, 0.15) is 16.3 Å². The van der Waals surface area contributed by atoms with Crippen LogP contribution in [0.25, 0.3) is 16.7 Å². The molecule has 0 spiro atoms. The Kier molecular flexibility index (Phi) is 5.38. The van der Waals surface area contributed by atoms with Crippen LogP contribution in [0.3, 0.4) is 0 Å². The number of sulfonamides is 1. The standard InChI is InChI=1S/C21H23N7O4S/c1-26-21-15(12-23-26)3-4-18(31-2)20(21)25-33(29,30)17-13-24-28(14-17)19-11-16(5-6-22-19)27-7-9-32-10-8-27/h3-6,11-14,25H,7-10H2,1-2H3. The third-order valence-electron chi connectivity index (χ3n) is 5.53. The summed E-state index contributed by atoms with van der Waals surface area (Å²) in [5.41, 5.74) is 1.91. The normalized spacial score (nSPS) is 14.5. The first-order valence-electron chi connectivity index (χ1n) is 10.3. The summed E-state index contributed by atoms with van der Waals surface area (Å²) in [6.45, 7) is 2.90. The van der Waals surface area contributed by atoms with E-state index >= 15 is 0 Å². The maximum absolute atomic E-state index is 13.2. The number of methoxy groups -OCH3 is 1. The minimum atomic E-state index is -3.96. The predicted octanol–water partition coefficient (Wildman–Crippen LogP) is 1.80. The van der Waals surface area contributed by atoms with Crippen molar-refractivity contribution in [2.24, 2.45) is 7.05 Å². The van der Waals surface area contributed by atoms with Gasteiger partial charge in [-0.05, 0) is 18.2 Å². The molecule has 0 radical (unpaired) electrons. The van der Waals surface area contributed by atoms with Crippen LogP contribution in [-0.2, 0) is 21.8 Å². The summed E-state index contributed by atoms with van der Waals surface area (Å²) in [7, 11) is -0.732. The molecule has 1 fully saturated rings. The van der Waals surface area contributed by atoms with E-state index in [0.29, 0.717) is 36.0 Å². The first-order chi connectivity index (χ1) is 16.0. The Bertz CT molecular complexity index is 1410. The molecular weight excluding hydrogens is 446 g/mol. The summed E-state index contributed by atoms with van der Waals surface area (Å²) in [4.78, 5) is 6.55. The minimum Gasteiger partial charge on any atom is -0.494 e. The highest BCUT2D eigenvalue weighted by molar-refractivity contribution is 7.92. The van der Waals surface area contributed by atoms with Gasteiger partial charge in [-0.2, -0.15) is 10.2 Å². The van der Waals surface area contributed by atoms with Crippen molar-refractivity contribution in [2.45, 2.75) is 4.90 Å². The molecule has 3 aromatic heterocycles. The van der Waals surface area contributed by atoms with Gasteiger partial charge in [0, 0.05) is 43.5 Å². The number of aryl methyl sites for hydroxylation is 1. The van der Waals surface area contributed by atoms with E-state index in [-0.39, 0.29) is 4.90 Å². The number of anilines is 2.